The summed E-state index contributed by atoms with van der Waals surface area (Å²) < 4.78 is 0. The summed E-state index contributed by atoms with van der Waals surface area (Å²) in [4.78, 5) is 19.7. The monoisotopic (exact) mass is 349 g/mol. The van der Waals surface area contributed by atoms with Gasteiger partial charge >= 0.3 is 5.97 Å². The van der Waals surface area contributed by atoms with E-state index in [1.54, 1.807) is 0 Å². The van der Waals surface area contributed by atoms with Gasteiger partial charge in [-0.2, -0.15) is 0 Å². The van der Waals surface area contributed by atoms with E-state index in [0.29, 0.717) is 0 Å². The molecule has 0 radical (unpaired) electrons. The van der Waals surface area contributed by atoms with Crippen LogP contribution in [0.5, 0.6) is 0 Å². The van der Waals surface area contributed by atoms with Crippen LogP contribution in [-0.4, -0.2) is 47.1 Å². The second-order valence-electron chi connectivity index (χ2n) is 6.89. The Hall–Kier alpha value is -2.79. The van der Waals surface area contributed by atoms with Gasteiger partial charge in [-0.05, 0) is 31.2 Å². The minimum absolute atomic E-state index is 0.622. The smallest absolute Gasteiger partial charge is 0.325 e. The van der Waals surface area contributed by atoms with Gasteiger partial charge in [0, 0.05) is 54.5 Å². The molecule has 0 aliphatic carbocycles. The van der Waals surface area contributed by atoms with Crippen LogP contribution in [0, 0.1) is 6.92 Å². The number of anilines is 1. The van der Waals surface area contributed by atoms with Crippen molar-refractivity contribution in [2.45, 2.75) is 13.0 Å². The van der Waals surface area contributed by atoms with Gasteiger partial charge in [-0.15, -0.1) is 0 Å². The van der Waals surface area contributed by atoms with E-state index in [0.717, 1.165) is 48.2 Å². The van der Waals surface area contributed by atoms with Crippen LogP contribution in [0.4, 0.5) is 5.69 Å². The van der Waals surface area contributed by atoms with Gasteiger partial charge in [-0.3, -0.25) is 9.69 Å². The van der Waals surface area contributed by atoms with E-state index < -0.39 is 12.0 Å². The van der Waals surface area contributed by atoms with Crippen LogP contribution < -0.4 is 4.90 Å². The number of aromatic amines is 1. The molecule has 5 heteroatoms. The molecule has 0 spiro atoms. The summed E-state index contributed by atoms with van der Waals surface area (Å²) in [5.41, 5.74) is 4.17. The molecule has 4 rings (SSSR count). The van der Waals surface area contributed by atoms with E-state index in [2.05, 4.69) is 33.0 Å². The number of aryl methyl sites for hydroxylation is 1. The van der Waals surface area contributed by atoms with Crippen LogP contribution >= 0.6 is 0 Å². The van der Waals surface area contributed by atoms with Crippen LogP contribution in [-0.2, 0) is 4.79 Å². The predicted octanol–water partition coefficient (Wildman–Crippen LogP) is 3.42. The van der Waals surface area contributed by atoms with Crippen molar-refractivity contribution in [2.24, 2.45) is 0 Å². The molecule has 1 saturated heterocycles. The lowest BCUT2D eigenvalue weighted by Crippen LogP contribution is -2.49. The molecule has 1 aromatic heterocycles. The van der Waals surface area contributed by atoms with Gasteiger partial charge in [0.25, 0.3) is 0 Å². The van der Waals surface area contributed by atoms with Crippen molar-refractivity contribution in [3.63, 3.8) is 0 Å². The Morgan fingerprint density at radius 3 is 2.50 bits per heavy atom. The van der Waals surface area contributed by atoms with Crippen LogP contribution in [0.15, 0.2) is 54.7 Å². The lowest BCUT2D eigenvalue weighted by molar-refractivity contribution is -0.143. The molecule has 0 amide bonds. The number of para-hydroxylation sites is 1. The molecule has 0 bridgehead atoms. The molecule has 2 N–H and O–H groups in total. The third-order valence-electron chi connectivity index (χ3n) is 5.20. The first-order chi connectivity index (χ1) is 12.6. The molecule has 1 fully saturated rings. The maximum Gasteiger partial charge on any atom is 0.325 e. The second kappa shape index (κ2) is 6.84. The maximum atomic E-state index is 12.1. The lowest BCUT2D eigenvalue weighted by atomic mass is 10.0. The van der Waals surface area contributed by atoms with Gasteiger partial charge in [-0.1, -0.05) is 29.8 Å². The van der Waals surface area contributed by atoms with Crippen molar-refractivity contribution in [3.8, 4) is 0 Å². The summed E-state index contributed by atoms with van der Waals surface area (Å²) in [6.07, 6.45) is 1.85. The average molecular weight is 349 g/mol. The Morgan fingerprint density at radius 2 is 1.81 bits per heavy atom. The number of fused-ring (bicyclic) bond motifs is 1. The van der Waals surface area contributed by atoms with Gasteiger partial charge in [0.15, 0.2) is 0 Å². The minimum Gasteiger partial charge on any atom is -0.480 e. The molecular formula is C21H23N3O2. The van der Waals surface area contributed by atoms with Crippen molar-refractivity contribution < 1.29 is 9.90 Å². The molecule has 1 aliphatic rings. The predicted molar refractivity (Wildman–Crippen MR) is 104 cm³/mol. The molecule has 2 heterocycles. The first-order valence-electron chi connectivity index (χ1n) is 8.98. The largest absolute Gasteiger partial charge is 0.480 e. The van der Waals surface area contributed by atoms with Crippen LogP contribution in [0.2, 0.25) is 0 Å². The van der Waals surface area contributed by atoms with E-state index >= 15 is 0 Å². The number of piperazine rings is 1. The van der Waals surface area contributed by atoms with Crippen molar-refractivity contribution in [2.75, 3.05) is 31.1 Å². The Labute approximate surface area is 152 Å². The van der Waals surface area contributed by atoms with E-state index in [-0.39, 0.29) is 0 Å². The minimum atomic E-state index is -0.791. The molecule has 26 heavy (non-hydrogen) atoms. The number of aliphatic carboxylic acids is 1. The highest BCUT2D eigenvalue weighted by Crippen LogP contribution is 2.30. The first kappa shape index (κ1) is 16.7. The first-order valence-corrected chi connectivity index (χ1v) is 8.98. The topological polar surface area (TPSA) is 59.6 Å². The zero-order chi connectivity index (χ0) is 18.1. The summed E-state index contributed by atoms with van der Waals surface area (Å²) in [7, 11) is 0. The number of H-pyrrole nitrogens is 1. The van der Waals surface area contributed by atoms with Crippen molar-refractivity contribution in [1.29, 1.82) is 0 Å². The molecule has 3 aromatic rings. The number of carbonyl (C=O) groups is 1. The summed E-state index contributed by atoms with van der Waals surface area (Å²) in [6.45, 7) is 5.14. The fraction of sp³-hybridized carbons (Fsp3) is 0.286. The Morgan fingerprint density at radius 1 is 1.08 bits per heavy atom. The normalized spacial score (nSPS) is 16.7. The van der Waals surface area contributed by atoms with Crippen molar-refractivity contribution in [3.05, 3.63) is 65.9 Å². The SMILES string of the molecule is Cc1ccc2[nH]cc(C(C(=O)O)N3CCN(c4ccccc4)CC3)c2c1. The highest BCUT2D eigenvalue weighted by Gasteiger charge is 2.32. The summed E-state index contributed by atoms with van der Waals surface area (Å²) in [5, 5.41) is 10.9. The van der Waals surface area contributed by atoms with Crippen molar-refractivity contribution in [1.82, 2.24) is 9.88 Å². The standard InChI is InChI=1S/C21H23N3O2/c1-15-7-8-19-17(13-15)18(14-22-19)20(21(25)26)24-11-9-23(10-12-24)16-5-3-2-4-6-16/h2-8,13-14,20,22H,9-12H2,1H3,(H,25,26). The molecule has 5 nitrogen and oxygen atoms in total. The Bertz CT molecular complexity index is 911. The Kier molecular flexibility index (Phi) is 4.39. The summed E-state index contributed by atoms with van der Waals surface area (Å²) in [6, 6.07) is 15.8. The van der Waals surface area contributed by atoms with Crippen LogP contribution in [0.1, 0.15) is 17.2 Å². The van der Waals surface area contributed by atoms with Gasteiger partial charge in [-0.25, -0.2) is 0 Å². The number of aromatic nitrogens is 1. The number of hydrogen-bond acceptors (Lipinski definition) is 3. The number of benzene rings is 2. The third kappa shape index (κ3) is 3.06. The number of nitrogens with one attached hydrogen (secondary N) is 1. The number of nitrogens with zero attached hydrogens (tertiary/aromatic N) is 2. The lowest BCUT2D eigenvalue weighted by Gasteiger charge is -2.38. The molecule has 2 aromatic carbocycles. The van der Waals surface area contributed by atoms with Gasteiger partial charge in [0.2, 0.25) is 0 Å². The van der Waals surface area contributed by atoms with E-state index in [9.17, 15) is 9.90 Å². The summed E-state index contributed by atoms with van der Waals surface area (Å²) >= 11 is 0. The van der Waals surface area contributed by atoms with Gasteiger partial charge in [0.05, 0.1) is 0 Å². The maximum absolute atomic E-state index is 12.1. The fourth-order valence-electron chi connectivity index (χ4n) is 3.85. The second-order valence-corrected chi connectivity index (χ2v) is 6.89. The molecular weight excluding hydrogens is 326 g/mol. The number of carboxylic acid groups (broad SMARTS) is 1. The van der Waals surface area contributed by atoms with E-state index in [1.807, 2.05) is 43.5 Å². The zero-order valence-electron chi connectivity index (χ0n) is 14.9. The molecule has 1 unspecified atom stereocenters. The number of hydrogen-bond donors (Lipinski definition) is 2. The number of rotatable bonds is 4. The van der Waals surface area contributed by atoms with E-state index in [1.165, 1.54) is 5.69 Å². The quantitative estimate of drug-likeness (QED) is 0.758. The summed E-state index contributed by atoms with van der Waals surface area (Å²) in [5.74, 6) is -0.791. The van der Waals surface area contributed by atoms with Crippen molar-refractivity contribution >= 4 is 22.6 Å². The highest BCUT2D eigenvalue weighted by molar-refractivity contribution is 5.89. The average Bonchev–Trinajstić information content (AvgIpc) is 3.06. The van der Waals surface area contributed by atoms with Gasteiger partial charge < -0.3 is 15.0 Å². The van der Waals surface area contributed by atoms with Crippen LogP contribution in [0.25, 0.3) is 10.9 Å². The molecule has 1 aliphatic heterocycles. The number of carboxylic acids is 1. The third-order valence-corrected chi connectivity index (χ3v) is 5.20. The van der Waals surface area contributed by atoms with Crippen LogP contribution in [0.3, 0.4) is 0 Å². The highest BCUT2D eigenvalue weighted by atomic mass is 16.4. The zero-order valence-corrected chi connectivity index (χ0v) is 14.9. The fourth-order valence-corrected chi connectivity index (χ4v) is 3.85. The van der Waals surface area contributed by atoms with E-state index in [4.69, 9.17) is 0 Å². The molecule has 1 atom stereocenters. The molecule has 0 saturated carbocycles. The molecule has 134 valence electrons. The van der Waals surface area contributed by atoms with Gasteiger partial charge in [0.1, 0.15) is 6.04 Å². The Balaban J connectivity index is 1.58.